The lowest BCUT2D eigenvalue weighted by atomic mass is 10.1. The van der Waals surface area contributed by atoms with E-state index in [9.17, 15) is 15.0 Å². The zero-order chi connectivity index (χ0) is 14.7. The van der Waals surface area contributed by atoms with Gasteiger partial charge in [0.05, 0.1) is 6.54 Å². The fraction of sp³-hybridized carbons (Fsp3) is 0.214. The number of thiophene rings is 1. The molecule has 0 aliphatic carbocycles. The maximum Gasteiger partial charge on any atom is 0.176 e. The number of hydrogen-bond acceptors (Lipinski definition) is 5. The molecule has 20 heavy (non-hydrogen) atoms. The van der Waals surface area contributed by atoms with Crippen LogP contribution >= 0.6 is 27.3 Å². The van der Waals surface area contributed by atoms with E-state index in [-0.39, 0.29) is 23.8 Å². The predicted molar refractivity (Wildman–Crippen MR) is 82.5 cm³/mol. The van der Waals surface area contributed by atoms with Gasteiger partial charge in [-0.15, -0.1) is 11.3 Å². The second-order valence-corrected chi connectivity index (χ2v) is 6.44. The first kappa shape index (κ1) is 15.0. The molecular formula is C14H14BrNO3S. The zero-order valence-electron chi connectivity index (χ0n) is 10.8. The molecule has 0 fully saturated rings. The van der Waals surface area contributed by atoms with Gasteiger partial charge in [-0.05, 0) is 47.2 Å². The van der Waals surface area contributed by atoms with Crippen LogP contribution in [-0.2, 0) is 6.54 Å². The Kier molecular flexibility index (Phi) is 4.80. The van der Waals surface area contributed by atoms with Crippen molar-refractivity contribution in [2.45, 2.75) is 6.54 Å². The normalized spacial score (nSPS) is 10.9. The number of carbonyl (C=O) groups is 1. The van der Waals surface area contributed by atoms with E-state index in [0.717, 1.165) is 4.47 Å². The topological polar surface area (TPSA) is 60.8 Å². The Morgan fingerprint density at radius 2 is 2.05 bits per heavy atom. The highest BCUT2D eigenvalue weighted by molar-refractivity contribution is 9.10. The summed E-state index contributed by atoms with van der Waals surface area (Å²) in [7, 11) is 1.87. The molecule has 0 atom stereocenters. The number of halogens is 1. The monoisotopic (exact) mass is 355 g/mol. The van der Waals surface area contributed by atoms with Gasteiger partial charge in [-0.1, -0.05) is 0 Å². The highest BCUT2D eigenvalue weighted by Crippen LogP contribution is 2.25. The lowest BCUT2D eigenvalue weighted by molar-refractivity contribution is 0.0943. The Hall–Kier alpha value is -1.37. The van der Waals surface area contributed by atoms with E-state index in [1.54, 1.807) is 11.3 Å². The van der Waals surface area contributed by atoms with Crippen molar-refractivity contribution in [2.75, 3.05) is 13.6 Å². The highest BCUT2D eigenvalue weighted by atomic mass is 79.9. The Balaban J connectivity index is 1.98. The molecule has 6 heteroatoms. The maximum absolute atomic E-state index is 12.1. The zero-order valence-corrected chi connectivity index (χ0v) is 13.2. The van der Waals surface area contributed by atoms with Crippen LogP contribution in [0.25, 0.3) is 0 Å². The van der Waals surface area contributed by atoms with Crippen LogP contribution in [-0.4, -0.2) is 34.5 Å². The molecule has 0 saturated heterocycles. The number of Topliss-reactive ketones (excluding diaryl/α,β-unsaturated/α-hetero) is 1. The number of benzene rings is 1. The van der Waals surface area contributed by atoms with Gasteiger partial charge < -0.3 is 10.2 Å². The summed E-state index contributed by atoms with van der Waals surface area (Å²) in [6.07, 6.45) is 0. The van der Waals surface area contributed by atoms with Crippen molar-refractivity contribution in [3.05, 3.63) is 44.6 Å². The first-order chi connectivity index (χ1) is 9.45. The molecule has 4 nitrogen and oxygen atoms in total. The van der Waals surface area contributed by atoms with Gasteiger partial charge in [0.2, 0.25) is 0 Å². The van der Waals surface area contributed by atoms with Gasteiger partial charge in [-0.25, -0.2) is 0 Å². The summed E-state index contributed by atoms with van der Waals surface area (Å²) < 4.78 is 1.04. The number of ketones is 1. The summed E-state index contributed by atoms with van der Waals surface area (Å²) in [6, 6.07) is 6.14. The van der Waals surface area contributed by atoms with Gasteiger partial charge in [-0.3, -0.25) is 9.69 Å². The lowest BCUT2D eigenvalue weighted by Crippen LogP contribution is -2.25. The van der Waals surface area contributed by atoms with E-state index in [2.05, 4.69) is 15.9 Å². The van der Waals surface area contributed by atoms with Gasteiger partial charge in [0, 0.05) is 26.8 Å². The van der Waals surface area contributed by atoms with Crippen LogP contribution in [0.5, 0.6) is 11.5 Å². The van der Waals surface area contributed by atoms with Gasteiger partial charge in [0.15, 0.2) is 17.3 Å². The number of phenolic OH excluding ortho intramolecular Hbond substituents is 2. The van der Waals surface area contributed by atoms with E-state index in [1.165, 1.54) is 23.1 Å². The third-order valence-corrected chi connectivity index (χ3v) is 4.44. The van der Waals surface area contributed by atoms with E-state index < -0.39 is 0 Å². The molecule has 1 aromatic carbocycles. The lowest BCUT2D eigenvalue weighted by Gasteiger charge is -2.14. The summed E-state index contributed by atoms with van der Waals surface area (Å²) in [6.45, 7) is 0.936. The number of aromatic hydroxyl groups is 2. The average molecular weight is 356 g/mol. The van der Waals surface area contributed by atoms with Gasteiger partial charge >= 0.3 is 0 Å². The van der Waals surface area contributed by atoms with Gasteiger partial charge in [0.25, 0.3) is 0 Å². The number of rotatable bonds is 5. The van der Waals surface area contributed by atoms with Crippen LogP contribution < -0.4 is 0 Å². The summed E-state index contributed by atoms with van der Waals surface area (Å²) in [5.41, 5.74) is 0.388. The van der Waals surface area contributed by atoms with Crippen LogP contribution in [0.15, 0.2) is 34.1 Å². The predicted octanol–water partition coefficient (Wildman–Crippen LogP) is 3.24. The van der Waals surface area contributed by atoms with E-state index in [0.29, 0.717) is 12.1 Å². The Morgan fingerprint density at radius 3 is 2.65 bits per heavy atom. The molecular weight excluding hydrogens is 342 g/mol. The second kappa shape index (κ2) is 6.39. The van der Waals surface area contributed by atoms with E-state index in [1.807, 2.05) is 23.4 Å². The molecule has 0 unspecified atom stereocenters. The number of likely N-dealkylation sites (N-methyl/N-ethyl adjacent to an activating group) is 1. The summed E-state index contributed by atoms with van der Waals surface area (Å²) >= 11 is 5.03. The van der Waals surface area contributed by atoms with Crippen molar-refractivity contribution in [2.24, 2.45) is 0 Å². The third-order valence-electron chi connectivity index (χ3n) is 2.76. The summed E-state index contributed by atoms with van der Waals surface area (Å²) in [4.78, 5) is 15.1. The fourth-order valence-electron chi connectivity index (χ4n) is 1.79. The molecule has 0 aliphatic rings. The van der Waals surface area contributed by atoms with E-state index in [4.69, 9.17) is 0 Å². The minimum absolute atomic E-state index is 0.0987. The Morgan fingerprint density at radius 1 is 1.30 bits per heavy atom. The average Bonchev–Trinajstić information content (AvgIpc) is 2.77. The minimum atomic E-state index is -0.277. The molecule has 2 N–H and O–H groups in total. The highest BCUT2D eigenvalue weighted by Gasteiger charge is 2.12. The summed E-state index contributed by atoms with van der Waals surface area (Å²) in [5, 5.41) is 20.6. The number of carbonyl (C=O) groups excluding carboxylic acids is 1. The minimum Gasteiger partial charge on any atom is -0.504 e. The Bertz CT molecular complexity index is 627. The van der Waals surface area contributed by atoms with Gasteiger partial charge in [0.1, 0.15) is 0 Å². The number of phenols is 2. The summed E-state index contributed by atoms with van der Waals surface area (Å²) in [5.74, 6) is -0.600. The molecule has 2 aromatic rings. The van der Waals surface area contributed by atoms with Crippen LogP contribution in [0.4, 0.5) is 0 Å². The first-order valence-electron chi connectivity index (χ1n) is 5.92. The quantitative estimate of drug-likeness (QED) is 0.638. The van der Waals surface area contributed by atoms with Crippen molar-refractivity contribution >= 4 is 33.0 Å². The Labute approximate surface area is 129 Å². The first-order valence-corrected chi connectivity index (χ1v) is 7.59. The molecule has 0 bridgehead atoms. The van der Waals surface area contributed by atoms with Crippen molar-refractivity contribution in [1.82, 2.24) is 4.90 Å². The van der Waals surface area contributed by atoms with Crippen molar-refractivity contribution in [3.63, 3.8) is 0 Å². The number of nitrogens with zero attached hydrogens (tertiary/aromatic N) is 1. The molecule has 0 saturated carbocycles. The van der Waals surface area contributed by atoms with Gasteiger partial charge in [-0.2, -0.15) is 0 Å². The van der Waals surface area contributed by atoms with Crippen molar-refractivity contribution in [3.8, 4) is 11.5 Å². The van der Waals surface area contributed by atoms with E-state index >= 15 is 0 Å². The molecule has 0 aliphatic heterocycles. The van der Waals surface area contributed by atoms with Crippen molar-refractivity contribution in [1.29, 1.82) is 0 Å². The van der Waals surface area contributed by atoms with Crippen molar-refractivity contribution < 1.29 is 15.0 Å². The fourth-order valence-corrected chi connectivity index (χ4v) is 3.32. The molecule has 106 valence electrons. The second-order valence-electron chi connectivity index (χ2n) is 4.53. The molecule has 0 radical (unpaired) electrons. The van der Waals surface area contributed by atoms with Crippen LogP contribution in [0, 0.1) is 0 Å². The van der Waals surface area contributed by atoms with Crippen LogP contribution in [0.1, 0.15) is 15.2 Å². The SMILES string of the molecule is CN(CC(=O)c1ccc(O)c(O)c1)Cc1cc(Br)cs1. The number of hydrogen-bond donors (Lipinski definition) is 2. The van der Waals surface area contributed by atoms with Crippen LogP contribution in [0.2, 0.25) is 0 Å². The standard InChI is InChI=1S/C14H14BrNO3S/c1-16(6-11-5-10(15)8-20-11)7-14(19)9-2-3-12(17)13(18)4-9/h2-5,8,17-18H,6-7H2,1H3. The maximum atomic E-state index is 12.1. The molecule has 2 rings (SSSR count). The molecule has 1 heterocycles. The molecule has 0 spiro atoms. The van der Waals surface area contributed by atoms with Crippen LogP contribution in [0.3, 0.4) is 0 Å². The molecule has 1 aromatic heterocycles. The third kappa shape index (κ3) is 3.82. The molecule has 0 amide bonds. The largest absolute Gasteiger partial charge is 0.504 e. The smallest absolute Gasteiger partial charge is 0.176 e.